The first-order valence-corrected chi connectivity index (χ1v) is 9.81. The van der Waals surface area contributed by atoms with Crippen LogP contribution >= 0.6 is 0 Å². The van der Waals surface area contributed by atoms with E-state index >= 15 is 0 Å². The van der Waals surface area contributed by atoms with Gasteiger partial charge in [-0.15, -0.1) is 0 Å². The van der Waals surface area contributed by atoms with Crippen molar-refractivity contribution in [3.8, 4) is 23.1 Å². The Bertz CT molecular complexity index is 893. The molecule has 26 heavy (non-hydrogen) atoms. The van der Waals surface area contributed by atoms with Crippen LogP contribution in [-0.4, -0.2) is 68.0 Å². The topological polar surface area (TPSA) is 98.7 Å². The molecule has 0 atom stereocenters. The fourth-order valence-corrected chi connectivity index (χ4v) is 3.86. The van der Waals surface area contributed by atoms with Gasteiger partial charge in [-0.25, -0.2) is 8.42 Å². The van der Waals surface area contributed by atoms with E-state index in [4.69, 9.17) is 9.47 Å². The summed E-state index contributed by atoms with van der Waals surface area (Å²) in [7, 11) is -0.0794. The summed E-state index contributed by atoms with van der Waals surface area (Å²) >= 11 is 0. The first-order valence-electron chi connectivity index (χ1n) is 7.99. The lowest BCUT2D eigenvalue weighted by atomic mass is 10.1. The minimum Gasteiger partial charge on any atom is -0.481 e. The van der Waals surface area contributed by atoms with Gasteiger partial charge in [0.05, 0.1) is 31.4 Å². The average molecular weight is 377 g/mol. The summed E-state index contributed by atoms with van der Waals surface area (Å²) in [5, 5.41) is 0. The number of hydrogen-bond acceptors (Lipinski definition) is 7. The largest absolute Gasteiger partial charge is 0.481 e. The van der Waals surface area contributed by atoms with Gasteiger partial charge in [-0.1, -0.05) is 12.1 Å². The highest BCUT2D eigenvalue weighted by atomic mass is 32.2. The number of carbonyl (C=O) groups is 1. The first-order chi connectivity index (χ1) is 12.4. The van der Waals surface area contributed by atoms with E-state index < -0.39 is 9.84 Å². The van der Waals surface area contributed by atoms with Gasteiger partial charge in [-0.05, 0) is 12.1 Å². The molecular weight excluding hydrogens is 358 g/mol. The number of ether oxygens (including phenoxy) is 2. The number of aromatic nitrogens is 2. The van der Waals surface area contributed by atoms with Crippen molar-refractivity contribution in [3.05, 3.63) is 35.9 Å². The van der Waals surface area contributed by atoms with E-state index in [1.807, 2.05) is 6.07 Å². The molecule has 2 aromatic rings. The summed E-state index contributed by atoms with van der Waals surface area (Å²) in [4.78, 5) is 22.6. The molecule has 1 amide bonds. The van der Waals surface area contributed by atoms with E-state index in [0.29, 0.717) is 22.7 Å². The van der Waals surface area contributed by atoms with Crippen LogP contribution in [0.2, 0.25) is 0 Å². The molecule has 0 radical (unpaired) electrons. The number of carbonyl (C=O) groups excluding carboxylic acids is 1. The minimum atomic E-state index is -3.04. The Hall–Kier alpha value is -2.68. The number of methoxy groups -OCH3 is 2. The van der Waals surface area contributed by atoms with Crippen LogP contribution in [0.3, 0.4) is 0 Å². The highest BCUT2D eigenvalue weighted by Gasteiger charge is 2.25. The molecule has 0 bridgehead atoms. The van der Waals surface area contributed by atoms with Crippen LogP contribution in [0.1, 0.15) is 10.4 Å². The summed E-state index contributed by atoms with van der Waals surface area (Å²) in [5.74, 6) is 0.150. The fraction of sp³-hybridized carbons (Fsp3) is 0.353. The van der Waals surface area contributed by atoms with Crippen LogP contribution in [0.15, 0.2) is 30.3 Å². The Morgan fingerprint density at radius 1 is 1.08 bits per heavy atom. The number of nitrogens with zero attached hydrogens (tertiary/aromatic N) is 3. The van der Waals surface area contributed by atoms with Gasteiger partial charge in [-0.2, -0.15) is 9.97 Å². The Kier molecular flexibility index (Phi) is 5.08. The maximum absolute atomic E-state index is 12.7. The number of benzene rings is 1. The van der Waals surface area contributed by atoms with Gasteiger partial charge in [0.15, 0.2) is 9.84 Å². The van der Waals surface area contributed by atoms with Crippen molar-refractivity contribution >= 4 is 15.7 Å². The van der Waals surface area contributed by atoms with Gasteiger partial charge >= 0.3 is 6.01 Å². The van der Waals surface area contributed by atoms with Crippen LogP contribution in [0.25, 0.3) is 11.3 Å². The fourth-order valence-electron chi connectivity index (χ4n) is 2.66. The SMILES string of the molecule is COc1cc(-c2cccc(C(=O)N3CCS(=O)(=O)CC3)c2)nc(OC)n1. The smallest absolute Gasteiger partial charge is 0.320 e. The molecule has 1 aromatic heterocycles. The van der Waals surface area contributed by atoms with Crippen LogP contribution in [-0.2, 0) is 9.84 Å². The number of rotatable bonds is 4. The number of sulfone groups is 1. The van der Waals surface area contributed by atoms with Crippen molar-refractivity contribution in [1.29, 1.82) is 0 Å². The van der Waals surface area contributed by atoms with Gasteiger partial charge in [0, 0.05) is 30.3 Å². The molecule has 0 unspecified atom stereocenters. The van der Waals surface area contributed by atoms with Crippen molar-refractivity contribution in [2.45, 2.75) is 0 Å². The second kappa shape index (κ2) is 7.28. The molecule has 1 aromatic carbocycles. The number of amides is 1. The van der Waals surface area contributed by atoms with E-state index in [-0.39, 0.29) is 36.5 Å². The third kappa shape index (κ3) is 3.93. The van der Waals surface area contributed by atoms with Crippen LogP contribution in [0.4, 0.5) is 0 Å². The Morgan fingerprint density at radius 2 is 1.81 bits per heavy atom. The van der Waals surface area contributed by atoms with E-state index in [1.54, 1.807) is 29.2 Å². The molecule has 0 spiro atoms. The van der Waals surface area contributed by atoms with Crippen molar-refractivity contribution in [2.24, 2.45) is 0 Å². The zero-order valence-corrected chi connectivity index (χ0v) is 15.3. The third-order valence-corrected chi connectivity index (χ3v) is 5.72. The van der Waals surface area contributed by atoms with Gasteiger partial charge in [0.1, 0.15) is 0 Å². The Morgan fingerprint density at radius 3 is 2.46 bits per heavy atom. The van der Waals surface area contributed by atoms with Gasteiger partial charge in [0.25, 0.3) is 5.91 Å². The van der Waals surface area contributed by atoms with Gasteiger partial charge in [0.2, 0.25) is 5.88 Å². The Labute approximate surface area is 151 Å². The third-order valence-electron chi connectivity index (χ3n) is 4.11. The molecule has 0 aliphatic carbocycles. The summed E-state index contributed by atoms with van der Waals surface area (Å²) in [6, 6.07) is 8.80. The zero-order valence-electron chi connectivity index (χ0n) is 14.5. The molecule has 0 saturated carbocycles. The molecule has 8 nitrogen and oxygen atoms in total. The van der Waals surface area contributed by atoms with E-state index in [9.17, 15) is 13.2 Å². The molecular formula is C17H19N3O5S. The summed E-state index contributed by atoms with van der Waals surface area (Å²) < 4.78 is 33.3. The van der Waals surface area contributed by atoms with Crippen LogP contribution in [0, 0.1) is 0 Å². The normalized spacial score (nSPS) is 16.2. The molecule has 138 valence electrons. The van der Waals surface area contributed by atoms with Gasteiger partial charge in [-0.3, -0.25) is 4.79 Å². The molecule has 2 heterocycles. The van der Waals surface area contributed by atoms with Crippen molar-refractivity contribution in [2.75, 3.05) is 38.8 Å². The minimum absolute atomic E-state index is 0.00125. The lowest BCUT2D eigenvalue weighted by molar-refractivity contribution is 0.0770. The van der Waals surface area contributed by atoms with Crippen LogP contribution < -0.4 is 9.47 Å². The van der Waals surface area contributed by atoms with Gasteiger partial charge < -0.3 is 14.4 Å². The molecule has 3 rings (SSSR count). The van der Waals surface area contributed by atoms with Crippen LogP contribution in [0.5, 0.6) is 11.9 Å². The summed E-state index contributed by atoms with van der Waals surface area (Å²) in [5.41, 5.74) is 1.74. The molecule has 9 heteroatoms. The monoisotopic (exact) mass is 377 g/mol. The molecule has 1 fully saturated rings. The summed E-state index contributed by atoms with van der Waals surface area (Å²) in [6.45, 7) is 0.418. The first kappa shape index (κ1) is 18.1. The molecule has 1 aliphatic rings. The highest BCUT2D eigenvalue weighted by Crippen LogP contribution is 2.24. The lowest BCUT2D eigenvalue weighted by Crippen LogP contribution is -2.43. The van der Waals surface area contributed by atoms with E-state index in [0.717, 1.165) is 0 Å². The molecule has 1 saturated heterocycles. The standard InChI is InChI=1S/C17H19N3O5S/c1-24-15-11-14(18-17(19-15)25-2)12-4-3-5-13(10-12)16(21)20-6-8-26(22,23)9-7-20/h3-5,10-11H,6-9H2,1-2H3. The van der Waals surface area contributed by atoms with Crippen molar-refractivity contribution < 1.29 is 22.7 Å². The predicted molar refractivity (Wildman–Crippen MR) is 95.1 cm³/mol. The second-order valence-electron chi connectivity index (χ2n) is 5.81. The molecule has 1 aliphatic heterocycles. The summed E-state index contributed by atoms with van der Waals surface area (Å²) in [6.07, 6.45) is 0. The second-order valence-corrected chi connectivity index (χ2v) is 8.11. The van der Waals surface area contributed by atoms with Crippen molar-refractivity contribution in [1.82, 2.24) is 14.9 Å². The van der Waals surface area contributed by atoms with E-state index in [2.05, 4.69) is 9.97 Å². The Balaban J connectivity index is 1.88. The average Bonchev–Trinajstić information content (AvgIpc) is 2.67. The lowest BCUT2D eigenvalue weighted by Gasteiger charge is -2.26. The highest BCUT2D eigenvalue weighted by molar-refractivity contribution is 7.91. The predicted octanol–water partition coefficient (Wildman–Crippen LogP) is 1.03. The quantitative estimate of drug-likeness (QED) is 0.785. The zero-order chi connectivity index (χ0) is 18.7. The number of hydrogen-bond donors (Lipinski definition) is 0. The van der Waals surface area contributed by atoms with E-state index in [1.165, 1.54) is 14.2 Å². The van der Waals surface area contributed by atoms with Crippen molar-refractivity contribution in [3.63, 3.8) is 0 Å². The maximum Gasteiger partial charge on any atom is 0.320 e. The molecule has 0 N–H and O–H groups in total. The maximum atomic E-state index is 12.7.